The molecule has 0 unspecified atom stereocenters. The Morgan fingerprint density at radius 3 is 2.40 bits per heavy atom. The molecule has 0 aromatic heterocycles. The molecule has 2 fully saturated rings. The quantitative estimate of drug-likeness (QED) is 0.586. The van der Waals surface area contributed by atoms with Crippen molar-refractivity contribution in [2.75, 3.05) is 13.1 Å². The number of allylic oxidation sites excluding steroid dienone is 4. The van der Waals surface area contributed by atoms with Crippen molar-refractivity contribution in [1.82, 2.24) is 4.90 Å². The Balaban J connectivity index is 2.14. The van der Waals surface area contributed by atoms with Crippen LogP contribution >= 0.6 is 0 Å². The number of hydrogen-bond acceptors (Lipinski definition) is 3. The maximum absolute atomic E-state index is 12.1. The standard InChI is InChI=1S/C17H25NO2/c1-4-9-18-10-5-6-13(18)7-8-14-15(19)11-17(2,3)12-16(14)20/h7-8H,4-6,9-12H2,1-3H3/b13-7+. The Morgan fingerprint density at radius 1 is 1.15 bits per heavy atom. The first kappa shape index (κ1) is 15.0. The predicted molar refractivity (Wildman–Crippen MR) is 80.3 cm³/mol. The average molecular weight is 275 g/mol. The maximum Gasteiger partial charge on any atom is 0.166 e. The molecule has 3 heteroatoms. The Labute approximate surface area is 121 Å². The van der Waals surface area contributed by atoms with Crippen LogP contribution in [-0.2, 0) is 9.59 Å². The van der Waals surface area contributed by atoms with Crippen molar-refractivity contribution in [3.8, 4) is 0 Å². The summed E-state index contributed by atoms with van der Waals surface area (Å²) in [5.41, 5.74) is 1.49. The number of carbonyl (C=O) groups excluding carboxylic acids is 2. The van der Waals surface area contributed by atoms with Crippen LogP contribution in [0.4, 0.5) is 0 Å². The Hall–Kier alpha value is -1.38. The zero-order chi connectivity index (χ0) is 14.8. The Morgan fingerprint density at radius 2 is 1.80 bits per heavy atom. The Bertz CT molecular complexity index is 449. The van der Waals surface area contributed by atoms with Gasteiger partial charge in [-0.2, -0.15) is 0 Å². The van der Waals surface area contributed by atoms with Crippen molar-refractivity contribution in [3.63, 3.8) is 0 Å². The normalized spacial score (nSPS) is 24.6. The molecule has 1 aliphatic heterocycles. The minimum absolute atomic E-state index is 0.00291. The molecule has 1 aliphatic carbocycles. The summed E-state index contributed by atoms with van der Waals surface area (Å²) >= 11 is 0. The van der Waals surface area contributed by atoms with E-state index in [1.807, 2.05) is 19.9 Å². The predicted octanol–water partition coefficient (Wildman–Crippen LogP) is 3.26. The number of likely N-dealkylation sites (tertiary alicyclic amines) is 1. The van der Waals surface area contributed by atoms with Crippen molar-refractivity contribution in [3.05, 3.63) is 23.4 Å². The summed E-state index contributed by atoms with van der Waals surface area (Å²) in [4.78, 5) is 26.6. The summed E-state index contributed by atoms with van der Waals surface area (Å²) in [5, 5.41) is 0. The summed E-state index contributed by atoms with van der Waals surface area (Å²) in [6.07, 6.45) is 8.07. The third-order valence-corrected chi connectivity index (χ3v) is 4.08. The summed E-state index contributed by atoms with van der Waals surface area (Å²) in [5.74, 6) is 0.00581. The molecule has 0 aromatic rings. The number of carbonyl (C=O) groups is 2. The minimum Gasteiger partial charge on any atom is -0.375 e. The molecule has 0 bridgehead atoms. The molecule has 3 nitrogen and oxygen atoms in total. The fourth-order valence-electron chi connectivity index (χ4n) is 3.11. The minimum atomic E-state index is -0.180. The van der Waals surface area contributed by atoms with Crippen molar-refractivity contribution in [2.24, 2.45) is 5.41 Å². The summed E-state index contributed by atoms with van der Waals surface area (Å²) in [6, 6.07) is 0. The van der Waals surface area contributed by atoms with Gasteiger partial charge in [0.2, 0.25) is 0 Å². The molecular formula is C17H25NO2. The van der Waals surface area contributed by atoms with Crippen molar-refractivity contribution in [2.45, 2.75) is 52.9 Å². The molecule has 110 valence electrons. The SMILES string of the molecule is CCCN1CCC/C1=C\C=C1C(=O)CC(C)(C)CC1=O. The van der Waals surface area contributed by atoms with Crippen LogP contribution < -0.4 is 0 Å². The van der Waals surface area contributed by atoms with Gasteiger partial charge in [0.1, 0.15) is 0 Å². The number of Topliss-reactive ketones (excluding diaryl/α,β-unsaturated/α-hetero) is 2. The van der Waals surface area contributed by atoms with E-state index in [1.165, 1.54) is 12.1 Å². The summed E-state index contributed by atoms with van der Waals surface area (Å²) in [6.45, 7) is 8.29. The molecule has 2 rings (SSSR count). The maximum atomic E-state index is 12.1. The van der Waals surface area contributed by atoms with Gasteiger partial charge in [-0.15, -0.1) is 0 Å². The van der Waals surface area contributed by atoms with Gasteiger partial charge in [-0.1, -0.05) is 20.8 Å². The van der Waals surface area contributed by atoms with Crippen LogP contribution in [0.3, 0.4) is 0 Å². The van der Waals surface area contributed by atoms with Gasteiger partial charge in [-0.25, -0.2) is 0 Å². The molecule has 0 amide bonds. The highest BCUT2D eigenvalue weighted by molar-refractivity contribution is 6.22. The van der Waals surface area contributed by atoms with Crippen molar-refractivity contribution >= 4 is 11.6 Å². The molecule has 1 saturated heterocycles. The molecule has 0 N–H and O–H groups in total. The average Bonchev–Trinajstić information content (AvgIpc) is 2.74. The molecule has 0 atom stereocenters. The van der Waals surface area contributed by atoms with Gasteiger partial charge in [0, 0.05) is 31.6 Å². The fourth-order valence-corrected chi connectivity index (χ4v) is 3.11. The van der Waals surface area contributed by atoms with Crippen LogP contribution in [0.15, 0.2) is 23.4 Å². The highest BCUT2D eigenvalue weighted by Crippen LogP contribution is 2.33. The van der Waals surface area contributed by atoms with Crippen LogP contribution in [0, 0.1) is 5.41 Å². The Kier molecular flexibility index (Phi) is 4.46. The number of nitrogens with zero attached hydrogens (tertiary/aromatic N) is 1. The van der Waals surface area contributed by atoms with Gasteiger partial charge in [0.05, 0.1) is 5.57 Å². The van der Waals surface area contributed by atoms with E-state index in [1.54, 1.807) is 6.08 Å². The third-order valence-electron chi connectivity index (χ3n) is 4.08. The summed E-state index contributed by atoms with van der Waals surface area (Å²) in [7, 11) is 0. The van der Waals surface area contributed by atoms with E-state index in [4.69, 9.17) is 0 Å². The smallest absolute Gasteiger partial charge is 0.166 e. The molecule has 0 spiro atoms. The molecule has 0 aromatic carbocycles. The first-order valence-corrected chi connectivity index (χ1v) is 7.65. The lowest BCUT2D eigenvalue weighted by Gasteiger charge is -2.28. The number of hydrogen-bond donors (Lipinski definition) is 0. The van der Waals surface area contributed by atoms with Crippen molar-refractivity contribution < 1.29 is 9.59 Å². The van der Waals surface area contributed by atoms with E-state index in [0.29, 0.717) is 18.4 Å². The van der Waals surface area contributed by atoms with Crippen LogP contribution in [0.25, 0.3) is 0 Å². The van der Waals surface area contributed by atoms with E-state index in [0.717, 1.165) is 25.9 Å². The molecular weight excluding hydrogens is 250 g/mol. The van der Waals surface area contributed by atoms with E-state index in [-0.39, 0.29) is 17.0 Å². The number of rotatable bonds is 3. The number of ketones is 2. The summed E-state index contributed by atoms with van der Waals surface area (Å²) < 4.78 is 0. The van der Waals surface area contributed by atoms with Crippen LogP contribution in [0.5, 0.6) is 0 Å². The van der Waals surface area contributed by atoms with Gasteiger partial charge in [-0.05, 0) is 36.8 Å². The van der Waals surface area contributed by atoms with E-state index < -0.39 is 0 Å². The lowest BCUT2D eigenvalue weighted by molar-refractivity contribution is -0.127. The first-order chi connectivity index (χ1) is 9.43. The van der Waals surface area contributed by atoms with Gasteiger partial charge in [0.15, 0.2) is 11.6 Å². The molecule has 0 radical (unpaired) electrons. The van der Waals surface area contributed by atoms with E-state index in [9.17, 15) is 9.59 Å². The van der Waals surface area contributed by atoms with E-state index in [2.05, 4.69) is 11.8 Å². The van der Waals surface area contributed by atoms with Crippen molar-refractivity contribution in [1.29, 1.82) is 0 Å². The highest BCUT2D eigenvalue weighted by atomic mass is 16.1. The lowest BCUT2D eigenvalue weighted by atomic mass is 9.74. The van der Waals surface area contributed by atoms with Crippen LogP contribution in [0.1, 0.15) is 52.9 Å². The third kappa shape index (κ3) is 3.38. The highest BCUT2D eigenvalue weighted by Gasteiger charge is 2.35. The second-order valence-electron chi connectivity index (χ2n) is 6.69. The van der Waals surface area contributed by atoms with Gasteiger partial charge in [-0.3, -0.25) is 9.59 Å². The topological polar surface area (TPSA) is 37.4 Å². The molecule has 2 aliphatic rings. The van der Waals surface area contributed by atoms with Gasteiger partial charge < -0.3 is 4.90 Å². The van der Waals surface area contributed by atoms with Gasteiger partial charge >= 0.3 is 0 Å². The molecule has 1 heterocycles. The molecule has 20 heavy (non-hydrogen) atoms. The van der Waals surface area contributed by atoms with Crippen LogP contribution in [0.2, 0.25) is 0 Å². The first-order valence-electron chi connectivity index (χ1n) is 7.65. The zero-order valence-corrected chi connectivity index (χ0v) is 12.9. The lowest BCUT2D eigenvalue weighted by Crippen LogP contribution is -2.31. The van der Waals surface area contributed by atoms with Gasteiger partial charge in [0.25, 0.3) is 0 Å². The molecule has 1 saturated carbocycles. The zero-order valence-electron chi connectivity index (χ0n) is 12.9. The second kappa shape index (κ2) is 5.94. The van der Waals surface area contributed by atoms with E-state index >= 15 is 0 Å². The van der Waals surface area contributed by atoms with Crippen LogP contribution in [-0.4, -0.2) is 29.6 Å². The monoisotopic (exact) mass is 275 g/mol. The fraction of sp³-hybridized carbons (Fsp3) is 0.647. The second-order valence-corrected chi connectivity index (χ2v) is 6.69. The largest absolute Gasteiger partial charge is 0.375 e.